The Balaban J connectivity index is 1.44. The van der Waals surface area contributed by atoms with Crippen molar-refractivity contribution < 1.29 is 23.8 Å². The van der Waals surface area contributed by atoms with Crippen molar-refractivity contribution in [2.75, 3.05) is 11.9 Å². The molecule has 0 aliphatic carbocycles. The molecule has 3 aromatic rings. The van der Waals surface area contributed by atoms with Crippen LogP contribution in [-0.4, -0.2) is 28.6 Å². The van der Waals surface area contributed by atoms with Crippen LogP contribution in [0.2, 0.25) is 0 Å². The number of anilines is 1. The molecule has 0 aliphatic rings. The Morgan fingerprint density at radius 1 is 1.17 bits per heavy atom. The number of aromatic carboxylic acids is 1. The van der Waals surface area contributed by atoms with Gasteiger partial charge >= 0.3 is 11.9 Å². The van der Waals surface area contributed by atoms with Gasteiger partial charge in [0.25, 0.3) is 0 Å². The van der Waals surface area contributed by atoms with Crippen LogP contribution in [0.1, 0.15) is 28.8 Å². The van der Waals surface area contributed by atoms with Gasteiger partial charge in [-0.2, -0.15) is 0 Å². The van der Waals surface area contributed by atoms with Gasteiger partial charge in [-0.05, 0) is 36.6 Å². The average molecular weight is 406 g/mol. The third kappa shape index (κ3) is 6.34. The molecule has 0 unspecified atom stereocenters. The summed E-state index contributed by atoms with van der Waals surface area (Å²) in [6.07, 6.45) is 7.57. The highest BCUT2D eigenvalue weighted by Crippen LogP contribution is 2.24. The lowest BCUT2D eigenvalue weighted by Gasteiger charge is -2.08. The van der Waals surface area contributed by atoms with Gasteiger partial charge in [0.05, 0.1) is 11.8 Å². The molecular weight excluding hydrogens is 384 g/mol. The van der Waals surface area contributed by atoms with Gasteiger partial charge < -0.3 is 19.6 Å². The molecule has 7 heteroatoms. The molecule has 2 aromatic carbocycles. The maximum atomic E-state index is 11.7. The molecule has 0 spiro atoms. The number of allylic oxidation sites excluding steroid dienone is 1. The Kier molecular flexibility index (Phi) is 7.38. The molecule has 30 heavy (non-hydrogen) atoms. The number of benzene rings is 2. The monoisotopic (exact) mass is 406 g/mol. The highest BCUT2D eigenvalue weighted by atomic mass is 16.5. The predicted octanol–water partition coefficient (Wildman–Crippen LogP) is 4.53. The van der Waals surface area contributed by atoms with Gasteiger partial charge in [-0.1, -0.05) is 36.4 Å². The van der Waals surface area contributed by atoms with E-state index in [4.69, 9.17) is 9.15 Å². The van der Waals surface area contributed by atoms with Crippen molar-refractivity contribution in [3.05, 3.63) is 84.3 Å². The van der Waals surface area contributed by atoms with Crippen LogP contribution >= 0.6 is 0 Å². The Bertz CT molecular complexity index is 998. The van der Waals surface area contributed by atoms with E-state index in [2.05, 4.69) is 10.3 Å². The van der Waals surface area contributed by atoms with Gasteiger partial charge in [0.15, 0.2) is 0 Å². The third-order valence-electron chi connectivity index (χ3n) is 4.21. The van der Waals surface area contributed by atoms with E-state index in [0.717, 1.165) is 12.0 Å². The quantitative estimate of drug-likeness (QED) is 0.290. The first-order valence-electron chi connectivity index (χ1n) is 9.51. The second-order valence-electron chi connectivity index (χ2n) is 6.51. The Labute approximate surface area is 174 Å². The second kappa shape index (κ2) is 10.6. The molecule has 0 atom stereocenters. The molecular formula is C23H22N2O5. The Morgan fingerprint density at radius 2 is 2.00 bits per heavy atom. The molecule has 1 heterocycles. The van der Waals surface area contributed by atoms with Crippen molar-refractivity contribution in [3.8, 4) is 11.5 Å². The van der Waals surface area contributed by atoms with Crippen LogP contribution in [0.15, 0.2) is 77.6 Å². The van der Waals surface area contributed by atoms with Gasteiger partial charge in [0.2, 0.25) is 5.89 Å². The standard InChI is InChI=1S/C23H22N2O5/c26-21(30-16-17-7-3-1-4-8-17)9-5-2-6-10-24-20-14-18(22-25-11-12-29-22)13-19(15-20)23(27)28/h1,3-5,7-9,11-15,24H,2,6,10,16H2,(H,27,28). The smallest absolute Gasteiger partial charge is 0.335 e. The number of nitrogens with zero attached hydrogens (tertiary/aromatic N) is 1. The third-order valence-corrected chi connectivity index (χ3v) is 4.21. The number of carboxylic acid groups (broad SMARTS) is 1. The highest BCUT2D eigenvalue weighted by Gasteiger charge is 2.10. The summed E-state index contributed by atoms with van der Waals surface area (Å²) in [5.74, 6) is -1.04. The number of hydrogen-bond acceptors (Lipinski definition) is 6. The molecule has 0 saturated carbocycles. The van der Waals surface area contributed by atoms with Crippen LogP contribution in [-0.2, 0) is 16.1 Å². The van der Waals surface area contributed by atoms with Crippen molar-refractivity contribution in [1.82, 2.24) is 4.98 Å². The summed E-state index contributed by atoms with van der Waals surface area (Å²) < 4.78 is 10.4. The van der Waals surface area contributed by atoms with Crippen LogP contribution in [0.25, 0.3) is 11.5 Å². The molecule has 7 nitrogen and oxygen atoms in total. The second-order valence-corrected chi connectivity index (χ2v) is 6.51. The zero-order valence-corrected chi connectivity index (χ0v) is 16.3. The Morgan fingerprint density at radius 3 is 2.73 bits per heavy atom. The number of carbonyl (C=O) groups is 2. The fourth-order valence-corrected chi connectivity index (χ4v) is 2.75. The number of carbonyl (C=O) groups excluding carboxylic acids is 1. The summed E-state index contributed by atoms with van der Waals surface area (Å²) in [4.78, 5) is 27.2. The van der Waals surface area contributed by atoms with E-state index >= 15 is 0 Å². The van der Waals surface area contributed by atoms with E-state index < -0.39 is 5.97 Å². The fourth-order valence-electron chi connectivity index (χ4n) is 2.75. The van der Waals surface area contributed by atoms with Crippen molar-refractivity contribution in [2.45, 2.75) is 19.4 Å². The van der Waals surface area contributed by atoms with Crippen molar-refractivity contribution in [2.24, 2.45) is 0 Å². The first kappa shape index (κ1) is 20.9. The van der Waals surface area contributed by atoms with E-state index in [1.807, 2.05) is 30.3 Å². The number of carboxylic acids is 1. The normalized spacial score (nSPS) is 10.8. The molecule has 0 aliphatic heterocycles. The lowest BCUT2D eigenvalue weighted by atomic mass is 10.1. The molecule has 0 fully saturated rings. The lowest BCUT2D eigenvalue weighted by Crippen LogP contribution is -2.04. The van der Waals surface area contributed by atoms with Gasteiger partial charge in [0.1, 0.15) is 12.9 Å². The number of esters is 1. The summed E-state index contributed by atoms with van der Waals surface area (Å²) in [6.45, 7) is 0.857. The van der Waals surface area contributed by atoms with Gasteiger partial charge in [-0.25, -0.2) is 14.6 Å². The fraction of sp³-hybridized carbons (Fsp3) is 0.174. The number of rotatable bonds is 10. The van der Waals surface area contributed by atoms with Crippen molar-refractivity contribution >= 4 is 17.6 Å². The van der Waals surface area contributed by atoms with E-state index in [0.29, 0.717) is 30.1 Å². The Hall–Kier alpha value is -3.87. The van der Waals surface area contributed by atoms with Crippen molar-refractivity contribution in [3.63, 3.8) is 0 Å². The van der Waals surface area contributed by atoms with Crippen LogP contribution in [0, 0.1) is 0 Å². The highest BCUT2D eigenvalue weighted by molar-refractivity contribution is 5.90. The number of nitrogens with one attached hydrogen (secondary N) is 1. The predicted molar refractivity (Wildman–Crippen MR) is 112 cm³/mol. The average Bonchev–Trinajstić information content (AvgIpc) is 3.30. The first-order chi connectivity index (χ1) is 14.6. The molecule has 2 N–H and O–H groups in total. The van der Waals surface area contributed by atoms with Gasteiger partial charge in [0, 0.05) is 23.9 Å². The molecule has 0 amide bonds. The van der Waals surface area contributed by atoms with Crippen LogP contribution < -0.4 is 5.32 Å². The number of aromatic nitrogens is 1. The number of hydrogen-bond donors (Lipinski definition) is 2. The number of ether oxygens (including phenoxy) is 1. The maximum absolute atomic E-state index is 11.7. The zero-order valence-electron chi connectivity index (χ0n) is 16.3. The van der Waals surface area contributed by atoms with Crippen LogP contribution in [0.3, 0.4) is 0 Å². The minimum Gasteiger partial charge on any atom is -0.478 e. The minimum absolute atomic E-state index is 0.147. The van der Waals surface area contributed by atoms with E-state index in [-0.39, 0.29) is 18.1 Å². The first-order valence-corrected chi connectivity index (χ1v) is 9.51. The summed E-state index contributed by atoms with van der Waals surface area (Å²) in [7, 11) is 0. The maximum Gasteiger partial charge on any atom is 0.335 e. The van der Waals surface area contributed by atoms with Crippen LogP contribution in [0.5, 0.6) is 0 Å². The summed E-state index contributed by atoms with van der Waals surface area (Å²) in [5.41, 5.74) is 2.34. The lowest BCUT2D eigenvalue weighted by molar-refractivity contribution is -0.139. The molecule has 1 aromatic heterocycles. The topological polar surface area (TPSA) is 102 Å². The molecule has 0 radical (unpaired) electrons. The zero-order chi connectivity index (χ0) is 21.2. The summed E-state index contributed by atoms with van der Waals surface area (Å²) >= 11 is 0. The number of oxazole rings is 1. The van der Waals surface area contributed by atoms with E-state index in [1.165, 1.54) is 24.6 Å². The van der Waals surface area contributed by atoms with Crippen LogP contribution in [0.4, 0.5) is 5.69 Å². The van der Waals surface area contributed by atoms with E-state index in [9.17, 15) is 14.7 Å². The molecule has 0 saturated heterocycles. The number of unbranched alkanes of at least 4 members (excludes halogenated alkanes) is 1. The molecule has 0 bridgehead atoms. The SMILES string of the molecule is O=C(C=CCCCNc1cc(C(=O)O)cc(-c2ncco2)c1)OCc1ccccc1. The van der Waals surface area contributed by atoms with E-state index in [1.54, 1.807) is 18.2 Å². The summed E-state index contributed by atoms with van der Waals surface area (Å²) in [6, 6.07) is 14.4. The minimum atomic E-state index is -1.02. The van der Waals surface area contributed by atoms with Gasteiger partial charge in [-0.3, -0.25) is 0 Å². The summed E-state index contributed by atoms with van der Waals surface area (Å²) in [5, 5.41) is 12.5. The molecule has 3 rings (SSSR count). The largest absolute Gasteiger partial charge is 0.478 e. The van der Waals surface area contributed by atoms with Gasteiger partial charge in [-0.15, -0.1) is 0 Å². The van der Waals surface area contributed by atoms with Crippen molar-refractivity contribution in [1.29, 1.82) is 0 Å². The molecule has 154 valence electrons.